The molecular formula is C14H9F3N2O. The van der Waals surface area contributed by atoms with Gasteiger partial charge in [0.05, 0.1) is 5.69 Å². The molecule has 1 aromatic heterocycles. The molecule has 3 nitrogen and oxygen atoms in total. The summed E-state index contributed by atoms with van der Waals surface area (Å²) in [5.74, 6) is -0.296. The predicted octanol–water partition coefficient (Wildman–Crippen LogP) is 3.83. The van der Waals surface area contributed by atoms with Crippen LogP contribution < -0.4 is 4.74 Å². The second-order valence-corrected chi connectivity index (χ2v) is 4.05. The van der Waals surface area contributed by atoms with Crippen molar-refractivity contribution in [1.82, 2.24) is 4.98 Å². The van der Waals surface area contributed by atoms with E-state index in [1.54, 1.807) is 12.1 Å². The second kappa shape index (κ2) is 5.21. The van der Waals surface area contributed by atoms with Crippen molar-refractivity contribution in [2.24, 2.45) is 0 Å². The number of nitrogens with zero attached hydrogens (tertiary/aromatic N) is 2. The normalized spacial score (nSPS) is 10.9. The lowest BCUT2D eigenvalue weighted by Gasteiger charge is -2.10. The number of hydrogen-bond donors (Lipinski definition) is 0. The first-order valence-electron chi connectivity index (χ1n) is 5.63. The molecule has 0 amide bonds. The Morgan fingerprint density at radius 3 is 2.30 bits per heavy atom. The number of nitriles is 1. The lowest BCUT2D eigenvalue weighted by molar-refractivity contribution is -0.274. The van der Waals surface area contributed by atoms with E-state index in [0.29, 0.717) is 11.3 Å². The van der Waals surface area contributed by atoms with Gasteiger partial charge in [-0.05, 0) is 42.8 Å². The van der Waals surface area contributed by atoms with E-state index in [4.69, 9.17) is 5.26 Å². The van der Waals surface area contributed by atoms with E-state index >= 15 is 0 Å². The molecule has 0 saturated heterocycles. The van der Waals surface area contributed by atoms with Gasteiger partial charge in [-0.15, -0.1) is 13.2 Å². The number of halogens is 3. The van der Waals surface area contributed by atoms with Gasteiger partial charge in [0.2, 0.25) is 0 Å². The molecule has 0 bridgehead atoms. The Balaban J connectivity index is 2.33. The highest BCUT2D eigenvalue weighted by Gasteiger charge is 2.30. The van der Waals surface area contributed by atoms with Crippen LogP contribution in [0.2, 0.25) is 0 Å². The van der Waals surface area contributed by atoms with E-state index < -0.39 is 6.36 Å². The standard InChI is InChI=1S/C14H9F3N2O/c1-9-2-5-11(8-18)19-13(9)10-3-6-12(7-4-10)20-14(15,16)17/h2-7H,1H3. The molecule has 1 aromatic carbocycles. The molecule has 0 radical (unpaired) electrons. The quantitative estimate of drug-likeness (QED) is 0.838. The third kappa shape index (κ3) is 3.26. The van der Waals surface area contributed by atoms with E-state index in [9.17, 15) is 13.2 Å². The van der Waals surface area contributed by atoms with Crippen LogP contribution in [0.1, 0.15) is 11.3 Å². The van der Waals surface area contributed by atoms with Crippen molar-refractivity contribution in [2.45, 2.75) is 13.3 Å². The highest BCUT2D eigenvalue weighted by Crippen LogP contribution is 2.27. The summed E-state index contributed by atoms with van der Waals surface area (Å²) in [5, 5.41) is 8.81. The van der Waals surface area contributed by atoms with E-state index in [-0.39, 0.29) is 11.4 Å². The maximum Gasteiger partial charge on any atom is 0.573 e. The number of aryl methyl sites for hydroxylation is 1. The summed E-state index contributed by atoms with van der Waals surface area (Å²) in [6, 6.07) is 10.6. The summed E-state index contributed by atoms with van der Waals surface area (Å²) in [7, 11) is 0. The van der Waals surface area contributed by atoms with Crippen LogP contribution in [0.25, 0.3) is 11.3 Å². The van der Waals surface area contributed by atoms with E-state index in [1.165, 1.54) is 24.3 Å². The minimum atomic E-state index is -4.71. The maximum atomic E-state index is 12.1. The number of rotatable bonds is 2. The molecule has 0 saturated carbocycles. The van der Waals surface area contributed by atoms with E-state index in [2.05, 4.69) is 9.72 Å². The lowest BCUT2D eigenvalue weighted by Crippen LogP contribution is -2.16. The molecular weight excluding hydrogens is 269 g/mol. The van der Waals surface area contributed by atoms with Crippen LogP contribution in [0.5, 0.6) is 5.75 Å². The average Bonchev–Trinajstić information content (AvgIpc) is 2.39. The van der Waals surface area contributed by atoms with Crippen molar-refractivity contribution < 1.29 is 17.9 Å². The van der Waals surface area contributed by atoms with Gasteiger partial charge in [-0.25, -0.2) is 4.98 Å². The molecule has 0 spiro atoms. The van der Waals surface area contributed by atoms with Gasteiger partial charge < -0.3 is 4.74 Å². The van der Waals surface area contributed by atoms with Crippen molar-refractivity contribution in [3.05, 3.63) is 47.7 Å². The van der Waals surface area contributed by atoms with Crippen molar-refractivity contribution >= 4 is 0 Å². The number of benzene rings is 1. The summed E-state index contributed by atoms with van der Waals surface area (Å²) in [6.45, 7) is 1.81. The molecule has 0 aliphatic rings. The van der Waals surface area contributed by atoms with E-state index in [1.807, 2.05) is 13.0 Å². The molecule has 0 fully saturated rings. The highest BCUT2D eigenvalue weighted by molar-refractivity contribution is 5.64. The Kier molecular flexibility index (Phi) is 3.61. The predicted molar refractivity (Wildman–Crippen MR) is 65.8 cm³/mol. The first kappa shape index (κ1) is 13.9. The van der Waals surface area contributed by atoms with Gasteiger partial charge in [-0.1, -0.05) is 6.07 Å². The van der Waals surface area contributed by atoms with E-state index in [0.717, 1.165) is 5.56 Å². The molecule has 0 aliphatic carbocycles. The SMILES string of the molecule is Cc1ccc(C#N)nc1-c1ccc(OC(F)(F)F)cc1. The van der Waals surface area contributed by atoms with Crippen LogP contribution >= 0.6 is 0 Å². The van der Waals surface area contributed by atoms with Crippen molar-refractivity contribution in [2.75, 3.05) is 0 Å². The largest absolute Gasteiger partial charge is 0.573 e. The average molecular weight is 278 g/mol. The zero-order valence-corrected chi connectivity index (χ0v) is 10.4. The minimum Gasteiger partial charge on any atom is -0.406 e. The molecule has 1 heterocycles. The molecule has 0 atom stereocenters. The lowest BCUT2D eigenvalue weighted by atomic mass is 10.1. The number of pyridine rings is 1. The Labute approximate surface area is 113 Å². The fourth-order valence-electron chi connectivity index (χ4n) is 1.70. The van der Waals surface area contributed by atoms with Crippen LogP contribution in [-0.4, -0.2) is 11.3 Å². The number of ether oxygens (including phenoxy) is 1. The molecule has 6 heteroatoms. The second-order valence-electron chi connectivity index (χ2n) is 4.05. The Morgan fingerprint density at radius 2 is 1.75 bits per heavy atom. The number of aromatic nitrogens is 1. The Hall–Kier alpha value is -2.55. The topological polar surface area (TPSA) is 45.9 Å². The molecule has 2 rings (SSSR count). The van der Waals surface area contributed by atoms with Crippen LogP contribution in [0.3, 0.4) is 0 Å². The first-order valence-corrected chi connectivity index (χ1v) is 5.63. The van der Waals surface area contributed by atoms with Gasteiger partial charge in [0.15, 0.2) is 0 Å². The first-order chi connectivity index (χ1) is 9.39. The fraction of sp³-hybridized carbons (Fsp3) is 0.143. The zero-order valence-electron chi connectivity index (χ0n) is 10.4. The zero-order chi connectivity index (χ0) is 14.8. The van der Waals surface area contributed by atoms with Crippen molar-refractivity contribution in [1.29, 1.82) is 5.26 Å². The summed E-state index contributed by atoms with van der Waals surface area (Å²) in [4.78, 5) is 4.14. The number of hydrogen-bond acceptors (Lipinski definition) is 3. The molecule has 102 valence electrons. The summed E-state index contributed by atoms with van der Waals surface area (Å²) < 4.78 is 40.0. The van der Waals surface area contributed by atoms with Crippen LogP contribution in [0.4, 0.5) is 13.2 Å². The summed E-state index contributed by atoms with van der Waals surface area (Å²) >= 11 is 0. The van der Waals surface area contributed by atoms with Crippen LogP contribution in [0.15, 0.2) is 36.4 Å². The molecule has 0 N–H and O–H groups in total. The molecule has 0 unspecified atom stereocenters. The highest BCUT2D eigenvalue weighted by atomic mass is 19.4. The van der Waals surface area contributed by atoms with Crippen molar-refractivity contribution in [3.8, 4) is 23.1 Å². The van der Waals surface area contributed by atoms with Crippen LogP contribution in [0, 0.1) is 18.3 Å². The Morgan fingerprint density at radius 1 is 1.10 bits per heavy atom. The van der Waals surface area contributed by atoms with Crippen molar-refractivity contribution in [3.63, 3.8) is 0 Å². The molecule has 20 heavy (non-hydrogen) atoms. The van der Waals surface area contributed by atoms with Crippen LogP contribution in [-0.2, 0) is 0 Å². The van der Waals surface area contributed by atoms with Gasteiger partial charge in [0.1, 0.15) is 17.5 Å². The molecule has 2 aromatic rings. The van der Waals surface area contributed by atoms with Gasteiger partial charge in [-0.2, -0.15) is 5.26 Å². The van der Waals surface area contributed by atoms with Gasteiger partial charge in [0, 0.05) is 5.56 Å². The smallest absolute Gasteiger partial charge is 0.406 e. The third-order valence-corrected chi connectivity index (χ3v) is 2.57. The third-order valence-electron chi connectivity index (χ3n) is 2.57. The summed E-state index contributed by atoms with van der Waals surface area (Å²) in [5.41, 5.74) is 2.26. The summed E-state index contributed by atoms with van der Waals surface area (Å²) in [6.07, 6.45) is -4.71. The van der Waals surface area contributed by atoms with Gasteiger partial charge in [0.25, 0.3) is 0 Å². The maximum absolute atomic E-state index is 12.1. The molecule has 0 aliphatic heterocycles. The Bertz CT molecular complexity index is 658. The minimum absolute atomic E-state index is 0.251. The fourth-order valence-corrected chi connectivity index (χ4v) is 1.70. The number of alkyl halides is 3. The monoisotopic (exact) mass is 278 g/mol. The van der Waals surface area contributed by atoms with Gasteiger partial charge >= 0.3 is 6.36 Å². The van der Waals surface area contributed by atoms with Gasteiger partial charge in [-0.3, -0.25) is 0 Å².